The molecule has 4 aromatic rings. The van der Waals surface area contributed by atoms with Gasteiger partial charge in [-0.05, 0) is 49.6 Å². The maximum Gasteiger partial charge on any atom is 0.259 e. The summed E-state index contributed by atoms with van der Waals surface area (Å²) in [7, 11) is 0. The Balaban J connectivity index is 1.23. The smallest absolute Gasteiger partial charge is 0.259 e. The number of hydrogen-bond donors (Lipinski definition) is 2. The first-order chi connectivity index (χ1) is 16.5. The van der Waals surface area contributed by atoms with Gasteiger partial charge in [0, 0.05) is 13.1 Å². The molecule has 5 rings (SSSR count). The molecule has 0 spiro atoms. The fourth-order valence-electron chi connectivity index (χ4n) is 4.45. The van der Waals surface area contributed by atoms with Gasteiger partial charge >= 0.3 is 0 Å². The van der Waals surface area contributed by atoms with Crippen molar-refractivity contribution < 1.29 is 9.90 Å². The molecule has 7 nitrogen and oxygen atoms in total. The van der Waals surface area contributed by atoms with Gasteiger partial charge in [0.2, 0.25) is 0 Å². The van der Waals surface area contributed by atoms with Gasteiger partial charge in [-0.25, -0.2) is 9.67 Å². The van der Waals surface area contributed by atoms with Crippen LogP contribution in [0, 0.1) is 6.92 Å². The van der Waals surface area contributed by atoms with Gasteiger partial charge < -0.3 is 15.3 Å². The Labute approximate surface area is 198 Å². The number of aromatic nitrogens is 3. The third kappa shape index (κ3) is 4.30. The number of aliphatic hydroxyl groups is 1. The van der Waals surface area contributed by atoms with Crippen molar-refractivity contribution in [2.75, 3.05) is 23.3 Å². The van der Waals surface area contributed by atoms with Crippen LogP contribution in [0.3, 0.4) is 0 Å². The van der Waals surface area contributed by atoms with Crippen molar-refractivity contribution in [1.29, 1.82) is 0 Å². The maximum atomic E-state index is 12.8. The molecular formula is C27H27N5O2. The Morgan fingerprint density at radius 2 is 1.62 bits per heavy atom. The number of piperidine rings is 1. The molecule has 0 unspecified atom stereocenters. The van der Waals surface area contributed by atoms with Gasteiger partial charge in [-0.2, -0.15) is 5.10 Å². The molecule has 1 aliphatic heterocycles. The Morgan fingerprint density at radius 1 is 0.941 bits per heavy atom. The highest BCUT2D eigenvalue weighted by atomic mass is 16.3. The van der Waals surface area contributed by atoms with Crippen LogP contribution >= 0.6 is 0 Å². The first-order valence-electron chi connectivity index (χ1n) is 11.4. The van der Waals surface area contributed by atoms with Crippen LogP contribution in [0.4, 0.5) is 11.5 Å². The monoisotopic (exact) mass is 453 g/mol. The number of hydrogen-bond acceptors (Lipinski definition) is 5. The van der Waals surface area contributed by atoms with E-state index in [1.54, 1.807) is 17.1 Å². The van der Waals surface area contributed by atoms with E-state index in [9.17, 15) is 9.90 Å². The van der Waals surface area contributed by atoms with Crippen molar-refractivity contribution in [2.24, 2.45) is 0 Å². The van der Waals surface area contributed by atoms with E-state index in [1.807, 2.05) is 79.7 Å². The van der Waals surface area contributed by atoms with E-state index in [0.717, 1.165) is 22.8 Å². The van der Waals surface area contributed by atoms with Crippen LogP contribution in [-0.2, 0) is 5.60 Å². The molecule has 2 aromatic heterocycles. The number of rotatable bonds is 5. The summed E-state index contributed by atoms with van der Waals surface area (Å²) in [5, 5.41) is 18.3. The standard InChI is InChI=1S/C27H27N5O2/c1-20-24(19-29-32(20)23-10-6-3-7-11-23)26(33)30-22-12-13-25(28-18-22)31-16-14-27(34,15-17-31)21-8-4-2-5-9-21/h2-13,18-19,34H,14-17H2,1H3,(H,30,33). The van der Waals surface area contributed by atoms with Crippen molar-refractivity contribution in [3.63, 3.8) is 0 Å². The predicted molar refractivity (Wildman–Crippen MR) is 132 cm³/mol. The fourth-order valence-corrected chi connectivity index (χ4v) is 4.45. The van der Waals surface area contributed by atoms with E-state index in [2.05, 4.69) is 20.3 Å². The van der Waals surface area contributed by atoms with Crippen LogP contribution in [0.25, 0.3) is 5.69 Å². The summed E-state index contributed by atoms with van der Waals surface area (Å²) in [5.41, 5.74) is 2.99. The van der Waals surface area contributed by atoms with Crippen molar-refractivity contribution in [3.8, 4) is 5.69 Å². The van der Waals surface area contributed by atoms with Crippen LogP contribution in [-0.4, -0.2) is 38.9 Å². The molecule has 0 aliphatic carbocycles. The Hall–Kier alpha value is -3.97. The minimum Gasteiger partial charge on any atom is -0.385 e. The average molecular weight is 454 g/mol. The molecule has 172 valence electrons. The number of nitrogens with zero attached hydrogens (tertiary/aromatic N) is 4. The topological polar surface area (TPSA) is 83.3 Å². The van der Waals surface area contributed by atoms with Crippen LogP contribution in [0.2, 0.25) is 0 Å². The van der Waals surface area contributed by atoms with Crippen LogP contribution in [0.1, 0.15) is 34.5 Å². The lowest BCUT2D eigenvalue weighted by Crippen LogP contribution is -2.42. The van der Waals surface area contributed by atoms with Crippen molar-refractivity contribution in [2.45, 2.75) is 25.4 Å². The van der Waals surface area contributed by atoms with Crippen LogP contribution in [0.5, 0.6) is 0 Å². The number of carbonyl (C=O) groups is 1. The first kappa shape index (κ1) is 21.9. The van der Waals surface area contributed by atoms with Gasteiger partial charge in [-0.3, -0.25) is 4.79 Å². The number of carbonyl (C=O) groups excluding carboxylic acids is 1. The van der Waals surface area contributed by atoms with E-state index in [4.69, 9.17) is 0 Å². The number of para-hydroxylation sites is 1. The zero-order valence-corrected chi connectivity index (χ0v) is 19.1. The Morgan fingerprint density at radius 3 is 2.26 bits per heavy atom. The number of amides is 1. The van der Waals surface area contributed by atoms with Gasteiger partial charge in [0.1, 0.15) is 5.82 Å². The summed E-state index contributed by atoms with van der Waals surface area (Å²) in [5.74, 6) is 0.612. The molecule has 1 amide bonds. The highest BCUT2D eigenvalue weighted by Gasteiger charge is 2.34. The molecule has 3 heterocycles. The first-order valence-corrected chi connectivity index (χ1v) is 11.4. The van der Waals surface area contributed by atoms with Gasteiger partial charge in [0.05, 0.1) is 40.6 Å². The molecule has 0 atom stereocenters. The highest BCUT2D eigenvalue weighted by molar-refractivity contribution is 6.04. The third-order valence-corrected chi connectivity index (χ3v) is 6.49. The van der Waals surface area contributed by atoms with E-state index in [-0.39, 0.29) is 5.91 Å². The Kier molecular flexibility index (Phi) is 5.86. The highest BCUT2D eigenvalue weighted by Crippen LogP contribution is 2.34. The predicted octanol–water partition coefficient (Wildman–Crippen LogP) is 4.32. The zero-order chi connectivity index (χ0) is 23.5. The van der Waals surface area contributed by atoms with Crippen LogP contribution in [0.15, 0.2) is 85.2 Å². The quantitative estimate of drug-likeness (QED) is 0.470. The summed E-state index contributed by atoms with van der Waals surface area (Å²) >= 11 is 0. The molecule has 7 heteroatoms. The summed E-state index contributed by atoms with van der Waals surface area (Å²) in [6.45, 7) is 3.30. The van der Waals surface area contributed by atoms with E-state index in [1.165, 1.54) is 0 Å². The molecule has 2 N–H and O–H groups in total. The second kappa shape index (κ2) is 9.11. The van der Waals surface area contributed by atoms with Gasteiger partial charge in [-0.15, -0.1) is 0 Å². The van der Waals surface area contributed by atoms with Crippen molar-refractivity contribution in [3.05, 3.63) is 102 Å². The molecule has 0 saturated carbocycles. The molecule has 0 bridgehead atoms. The van der Waals surface area contributed by atoms with E-state index >= 15 is 0 Å². The van der Waals surface area contributed by atoms with Gasteiger partial charge in [0.25, 0.3) is 5.91 Å². The lowest BCUT2D eigenvalue weighted by molar-refractivity contribution is 0.0116. The lowest BCUT2D eigenvalue weighted by Gasteiger charge is -2.39. The average Bonchev–Trinajstić information content (AvgIpc) is 3.27. The Bertz CT molecular complexity index is 1260. The lowest BCUT2D eigenvalue weighted by atomic mass is 9.84. The minimum atomic E-state index is -0.798. The molecule has 1 aliphatic rings. The summed E-state index contributed by atoms with van der Waals surface area (Å²) < 4.78 is 1.75. The van der Waals surface area contributed by atoms with E-state index in [0.29, 0.717) is 37.2 Å². The summed E-state index contributed by atoms with van der Waals surface area (Å²) in [6, 6.07) is 23.3. The van der Waals surface area contributed by atoms with Crippen molar-refractivity contribution >= 4 is 17.4 Å². The second-order valence-electron chi connectivity index (χ2n) is 8.63. The SMILES string of the molecule is Cc1c(C(=O)Nc2ccc(N3CCC(O)(c4ccccc4)CC3)nc2)cnn1-c1ccccc1. The number of anilines is 2. The molecule has 1 fully saturated rings. The van der Waals surface area contributed by atoms with Gasteiger partial charge in [0.15, 0.2) is 0 Å². The maximum absolute atomic E-state index is 12.8. The third-order valence-electron chi connectivity index (χ3n) is 6.49. The minimum absolute atomic E-state index is 0.222. The molecule has 0 radical (unpaired) electrons. The summed E-state index contributed by atoms with van der Waals surface area (Å²) in [4.78, 5) is 19.6. The van der Waals surface area contributed by atoms with Crippen molar-refractivity contribution in [1.82, 2.24) is 14.8 Å². The number of pyridine rings is 1. The zero-order valence-electron chi connectivity index (χ0n) is 19.1. The second-order valence-corrected chi connectivity index (χ2v) is 8.63. The number of nitrogens with one attached hydrogen (secondary N) is 1. The van der Waals surface area contributed by atoms with Gasteiger partial charge in [-0.1, -0.05) is 48.5 Å². The van der Waals surface area contributed by atoms with E-state index < -0.39 is 5.60 Å². The van der Waals surface area contributed by atoms with Crippen LogP contribution < -0.4 is 10.2 Å². The molecule has 34 heavy (non-hydrogen) atoms. The molecule has 2 aromatic carbocycles. The largest absolute Gasteiger partial charge is 0.385 e. The molecule has 1 saturated heterocycles. The molecular weight excluding hydrogens is 426 g/mol. The summed E-state index contributed by atoms with van der Waals surface area (Å²) in [6.07, 6.45) is 4.53. The normalized spacial score (nSPS) is 15.2. The fraction of sp³-hybridized carbons (Fsp3) is 0.222. The number of benzene rings is 2.